The van der Waals surface area contributed by atoms with Crippen molar-refractivity contribution in [3.63, 3.8) is 0 Å². The Morgan fingerprint density at radius 2 is 2.38 bits per heavy atom. The Kier molecular flexibility index (Phi) is 4.03. The summed E-state index contributed by atoms with van der Waals surface area (Å²) >= 11 is -1.52. The Labute approximate surface area is 51.3 Å². The van der Waals surface area contributed by atoms with Gasteiger partial charge in [-0.2, -0.15) is 0 Å². The highest BCUT2D eigenvalue weighted by molar-refractivity contribution is 7.80. The van der Waals surface area contributed by atoms with Crippen LogP contribution < -0.4 is 0 Å². The Morgan fingerprint density at radius 1 is 1.88 bits per heavy atom. The summed E-state index contributed by atoms with van der Waals surface area (Å²) in [6.45, 7) is 3.52. The van der Waals surface area contributed by atoms with Crippen LogP contribution in [0.5, 0.6) is 0 Å². The lowest BCUT2D eigenvalue weighted by atomic mass is 10.9. The van der Waals surface area contributed by atoms with Crippen LogP contribution in [0.4, 0.5) is 0 Å². The first-order valence-electron chi connectivity index (χ1n) is 2.40. The molecule has 50 valence electrons. The highest BCUT2D eigenvalue weighted by atomic mass is 32.2. The van der Waals surface area contributed by atoms with E-state index in [9.17, 15) is 4.21 Å². The van der Waals surface area contributed by atoms with Crippen molar-refractivity contribution >= 4 is 11.1 Å². The summed E-state index contributed by atoms with van der Waals surface area (Å²) in [6, 6.07) is 0. The summed E-state index contributed by atoms with van der Waals surface area (Å²) in [4.78, 5) is 0. The predicted molar refractivity (Wildman–Crippen MR) is 31.4 cm³/mol. The van der Waals surface area contributed by atoms with Gasteiger partial charge in [-0.15, -0.1) is 0 Å². The number of aliphatic hydroxyl groups excluding tert-OH is 1. The summed E-state index contributed by atoms with van der Waals surface area (Å²) in [7, 11) is 0. The normalized spacial score (nSPS) is 17.9. The van der Waals surface area contributed by atoms with Crippen LogP contribution in [0.3, 0.4) is 0 Å². The van der Waals surface area contributed by atoms with Crippen molar-refractivity contribution in [2.75, 3.05) is 6.61 Å². The Bertz CT molecular complexity index is 81.4. The third-order valence-electron chi connectivity index (χ3n) is 0.513. The van der Waals surface area contributed by atoms with Crippen LogP contribution in [0.15, 0.2) is 0 Å². The molecule has 0 aromatic heterocycles. The van der Waals surface area contributed by atoms with Crippen molar-refractivity contribution in [2.24, 2.45) is 0 Å². The van der Waals surface area contributed by atoms with Crippen molar-refractivity contribution < 1.29 is 13.5 Å². The standard InChI is InChI=1S/C4H10O3S/c1-3-7-8(6)4(2)5/h4-5H,3H2,1-2H3. The zero-order valence-electron chi connectivity index (χ0n) is 4.96. The molecule has 0 aliphatic rings. The van der Waals surface area contributed by atoms with Gasteiger partial charge in [0.2, 0.25) is 0 Å². The van der Waals surface area contributed by atoms with Gasteiger partial charge < -0.3 is 5.11 Å². The Hall–Kier alpha value is 0.0700. The van der Waals surface area contributed by atoms with E-state index in [1.165, 1.54) is 6.92 Å². The molecule has 4 heteroatoms. The minimum atomic E-state index is -1.52. The van der Waals surface area contributed by atoms with E-state index in [0.717, 1.165) is 0 Å². The van der Waals surface area contributed by atoms with E-state index < -0.39 is 16.5 Å². The maximum absolute atomic E-state index is 10.4. The average molecular weight is 138 g/mol. The highest BCUT2D eigenvalue weighted by Gasteiger charge is 2.04. The molecule has 0 rings (SSSR count). The maximum Gasteiger partial charge on any atom is 0.184 e. The molecule has 0 spiro atoms. The SMILES string of the molecule is CCOS(=O)C(C)O. The van der Waals surface area contributed by atoms with Crippen molar-refractivity contribution in [3.8, 4) is 0 Å². The number of rotatable bonds is 3. The number of aliphatic hydroxyl groups is 1. The second-order valence-electron chi connectivity index (χ2n) is 1.27. The van der Waals surface area contributed by atoms with E-state index in [2.05, 4.69) is 4.18 Å². The fourth-order valence-electron chi connectivity index (χ4n) is 0.215. The van der Waals surface area contributed by atoms with Crippen molar-refractivity contribution in [1.29, 1.82) is 0 Å². The van der Waals surface area contributed by atoms with Gasteiger partial charge in [0.15, 0.2) is 16.5 Å². The summed E-state index contributed by atoms with van der Waals surface area (Å²) in [6.07, 6.45) is 0. The zero-order valence-corrected chi connectivity index (χ0v) is 5.77. The van der Waals surface area contributed by atoms with Gasteiger partial charge in [0.05, 0.1) is 6.61 Å². The molecular weight excluding hydrogens is 128 g/mol. The summed E-state index contributed by atoms with van der Waals surface area (Å²) in [5.41, 5.74) is -0.880. The molecule has 1 N–H and O–H groups in total. The van der Waals surface area contributed by atoms with Gasteiger partial charge in [-0.25, -0.2) is 4.21 Å². The molecule has 2 atom stereocenters. The third kappa shape index (κ3) is 3.12. The van der Waals surface area contributed by atoms with E-state index in [1.54, 1.807) is 6.92 Å². The van der Waals surface area contributed by atoms with Crippen LogP contribution in [0, 0.1) is 0 Å². The van der Waals surface area contributed by atoms with Crippen molar-refractivity contribution in [1.82, 2.24) is 0 Å². The first-order valence-corrected chi connectivity index (χ1v) is 3.54. The lowest BCUT2D eigenvalue weighted by Gasteiger charge is -2.00. The lowest BCUT2D eigenvalue weighted by Crippen LogP contribution is -2.11. The lowest BCUT2D eigenvalue weighted by molar-refractivity contribution is 0.249. The molecule has 0 fully saturated rings. The highest BCUT2D eigenvalue weighted by Crippen LogP contribution is 1.91. The van der Waals surface area contributed by atoms with Crippen LogP contribution in [0.25, 0.3) is 0 Å². The maximum atomic E-state index is 10.4. The molecule has 8 heavy (non-hydrogen) atoms. The summed E-state index contributed by atoms with van der Waals surface area (Å²) in [5.74, 6) is 0. The fourth-order valence-corrected chi connectivity index (χ4v) is 0.644. The smallest absolute Gasteiger partial charge is 0.184 e. The minimum absolute atomic E-state index is 0.373. The van der Waals surface area contributed by atoms with Gasteiger partial charge in [0, 0.05) is 0 Å². The molecule has 0 amide bonds. The monoisotopic (exact) mass is 138 g/mol. The van der Waals surface area contributed by atoms with E-state index in [0.29, 0.717) is 6.61 Å². The molecule has 0 saturated carbocycles. The van der Waals surface area contributed by atoms with E-state index in [4.69, 9.17) is 5.11 Å². The van der Waals surface area contributed by atoms with E-state index >= 15 is 0 Å². The van der Waals surface area contributed by atoms with Crippen LogP contribution >= 0.6 is 0 Å². The van der Waals surface area contributed by atoms with Crippen LogP contribution in [-0.4, -0.2) is 21.4 Å². The molecule has 0 heterocycles. The van der Waals surface area contributed by atoms with Gasteiger partial charge in [-0.3, -0.25) is 4.18 Å². The third-order valence-corrected chi connectivity index (χ3v) is 1.54. The average Bonchev–Trinajstić information content (AvgIpc) is 1.67. The largest absolute Gasteiger partial charge is 0.378 e. The molecule has 0 radical (unpaired) electrons. The minimum Gasteiger partial charge on any atom is -0.378 e. The van der Waals surface area contributed by atoms with Gasteiger partial charge in [-0.1, -0.05) is 0 Å². The van der Waals surface area contributed by atoms with Gasteiger partial charge in [-0.05, 0) is 13.8 Å². The van der Waals surface area contributed by atoms with E-state index in [1.807, 2.05) is 0 Å². The molecule has 2 unspecified atom stereocenters. The van der Waals surface area contributed by atoms with Gasteiger partial charge >= 0.3 is 0 Å². The Morgan fingerprint density at radius 3 is 2.50 bits per heavy atom. The topological polar surface area (TPSA) is 46.5 Å². The number of hydrogen-bond acceptors (Lipinski definition) is 3. The van der Waals surface area contributed by atoms with Crippen LogP contribution in [-0.2, 0) is 15.3 Å². The fraction of sp³-hybridized carbons (Fsp3) is 1.00. The predicted octanol–water partition coefficient (Wildman–Crippen LogP) is 0.0249. The molecule has 0 aliphatic heterocycles. The second-order valence-corrected chi connectivity index (χ2v) is 2.71. The summed E-state index contributed by atoms with van der Waals surface area (Å²) < 4.78 is 14.9. The second kappa shape index (κ2) is 4.00. The molecule has 0 aliphatic carbocycles. The first kappa shape index (κ1) is 8.07. The van der Waals surface area contributed by atoms with Crippen molar-refractivity contribution in [3.05, 3.63) is 0 Å². The van der Waals surface area contributed by atoms with Crippen LogP contribution in [0.1, 0.15) is 13.8 Å². The van der Waals surface area contributed by atoms with Crippen LogP contribution in [0.2, 0.25) is 0 Å². The molecule has 0 saturated heterocycles. The quantitative estimate of drug-likeness (QED) is 0.598. The molecule has 3 nitrogen and oxygen atoms in total. The molecule has 0 aromatic rings. The molecular formula is C4H10O3S. The van der Waals surface area contributed by atoms with Gasteiger partial charge in [0.25, 0.3) is 0 Å². The van der Waals surface area contributed by atoms with Crippen molar-refractivity contribution in [2.45, 2.75) is 19.3 Å². The zero-order chi connectivity index (χ0) is 6.57. The number of hydrogen-bond donors (Lipinski definition) is 1. The molecule has 0 aromatic carbocycles. The Balaban J connectivity index is 3.33. The molecule has 0 bridgehead atoms. The first-order chi connectivity index (χ1) is 3.68. The van der Waals surface area contributed by atoms with E-state index in [-0.39, 0.29) is 0 Å². The van der Waals surface area contributed by atoms with Gasteiger partial charge in [0.1, 0.15) is 0 Å². The summed E-state index contributed by atoms with van der Waals surface area (Å²) in [5, 5.41) is 8.53.